The molecule has 0 rings (SSSR count). The van der Waals surface area contributed by atoms with E-state index in [4.69, 9.17) is 5.11 Å². The van der Waals surface area contributed by atoms with Crippen molar-refractivity contribution in [2.75, 3.05) is 0 Å². The minimum Gasteiger partial charge on any atom is -0.516 e. The van der Waals surface area contributed by atoms with Crippen LogP contribution in [0.15, 0.2) is 24.5 Å². The van der Waals surface area contributed by atoms with E-state index in [9.17, 15) is 0 Å². The van der Waals surface area contributed by atoms with Gasteiger partial charge in [0.1, 0.15) is 0 Å². The van der Waals surface area contributed by atoms with Gasteiger partial charge in [0.2, 0.25) is 0 Å². The van der Waals surface area contributed by atoms with Crippen molar-refractivity contribution in [2.24, 2.45) is 0 Å². The van der Waals surface area contributed by atoms with Crippen LogP contribution in [0.5, 0.6) is 0 Å². The standard InChI is InChI=1S/C12H22O/c1-2-3-4-5-6-7-8-9-10-11-12-13/h4-5,11-13H,2-3,6-10H2,1H3/b5-4?,12-11-. The fourth-order valence-corrected chi connectivity index (χ4v) is 1.18. The van der Waals surface area contributed by atoms with E-state index in [1.807, 2.05) is 6.08 Å². The summed E-state index contributed by atoms with van der Waals surface area (Å²) in [6.07, 6.45) is 15.9. The molecule has 1 heteroatoms. The highest BCUT2D eigenvalue weighted by Crippen LogP contribution is 2.04. The molecule has 0 atom stereocenters. The van der Waals surface area contributed by atoms with Crippen molar-refractivity contribution in [3.8, 4) is 0 Å². The summed E-state index contributed by atoms with van der Waals surface area (Å²) in [6.45, 7) is 2.20. The highest BCUT2D eigenvalue weighted by molar-refractivity contribution is 4.81. The fourth-order valence-electron chi connectivity index (χ4n) is 1.18. The van der Waals surface area contributed by atoms with Gasteiger partial charge in [-0.3, -0.25) is 0 Å². The fraction of sp³-hybridized carbons (Fsp3) is 0.667. The van der Waals surface area contributed by atoms with Gasteiger partial charge in [-0.25, -0.2) is 0 Å². The second kappa shape index (κ2) is 11.3. The molecule has 76 valence electrons. The summed E-state index contributed by atoms with van der Waals surface area (Å²) in [4.78, 5) is 0. The van der Waals surface area contributed by atoms with E-state index in [0.717, 1.165) is 12.7 Å². The minimum absolute atomic E-state index is 1.01. The Labute approximate surface area is 82.2 Å². The lowest BCUT2D eigenvalue weighted by molar-refractivity contribution is 0.469. The van der Waals surface area contributed by atoms with Crippen LogP contribution in [0.1, 0.15) is 51.9 Å². The van der Waals surface area contributed by atoms with Crippen molar-refractivity contribution in [1.82, 2.24) is 0 Å². The summed E-state index contributed by atoms with van der Waals surface area (Å²) in [5, 5.41) is 8.37. The van der Waals surface area contributed by atoms with Gasteiger partial charge in [-0.05, 0) is 32.1 Å². The summed E-state index contributed by atoms with van der Waals surface area (Å²) >= 11 is 0. The van der Waals surface area contributed by atoms with Gasteiger partial charge < -0.3 is 5.11 Å². The van der Waals surface area contributed by atoms with Gasteiger partial charge in [-0.2, -0.15) is 0 Å². The number of unbranched alkanes of at least 4 members (excludes halogenated alkanes) is 5. The summed E-state index contributed by atoms with van der Waals surface area (Å²) < 4.78 is 0. The largest absolute Gasteiger partial charge is 0.516 e. The Hall–Kier alpha value is -0.720. The van der Waals surface area contributed by atoms with Gasteiger partial charge in [-0.15, -0.1) is 0 Å². The van der Waals surface area contributed by atoms with Crippen LogP contribution in [-0.4, -0.2) is 5.11 Å². The van der Waals surface area contributed by atoms with Crippen LogP contribution >= 0.6 is 0 Å². The zero-order valence-corrected chi connectivity index (χ0v) is 8.71. The van der Waals surface area contributed by atoms with Gasteiger partial charge in [0.15, 0.2) is 0 Å². The van der Waals surface area contributed by atoms with Gasteiger partial charge in [0.25, 0.3) is 0 Å². The molecule has 0 unspecified atom stereocenters. The SMILES string of the molecule is CCCC=CCCCCC/C=C\O. The molecule has 0 heterocycles. The molecule has 0 aromatic carbocycles. The first kappa shape index (κ1) is 12.3. The molecule has 0 aliphatic rings. The molecule has 0 aromatic rings. The summed E-state index contributed by atoms with van der Waals surface area (Å²) in [5.41, 5.74) is 0. The molecule has 0 aliphatic carbocycles. The number of hydrogen-bond acceptors (Lipinski definition) is 1. The highest BCUT2D eigenvalue weighted by Gasteiger charge is 1.85. The van der Waals surface area contributed by atoms with Gasteiger partial charge in [0.05, 0.1) is 6.26 Å². The van der Waals surface area contributed by atoms with Gasteiger partial charge in [0, 0.05) is 0 Å². The number of hydrogen-bond donors (Lipinski definition) is 1. The molecule has 0 saturated carbocycles. The lowest BCUT2D eigenvalue weighted by Crippen LogP contribution is -1.75. The molecule has 1 nitrogen and oxygen atoms in total. The third kappa shape index (κ3) is 11.3. The second-order valence-corrected chi connectivity index (χ2v) is 3.28. The molecule has 0 bridgehead atoms. The van der Waals surface area contributed by atoms with Crippen molar-refractivity contribution in [3.63, 3.8) is 0 Å². The summed E-state index contributed by atoms with van der Waals surface area (Å²) in [5.74, 6) is 0. The average molecular weight is 182 g/mol. The maximum absolute atomic E-state index is 8.37. The Morgan fingerprint density at radius 2 is 1.46 bits per heavy atom. The molecular formula is C12H22O. The molecule has 0 radical (unpaired) electrons. The molecule has 0 amide bonds. The molecule has 0 spiro atoms. The molecule has 0 aliphatic heterocycles. The lowest BCUT2D eigenvalue weighted by Gasteiger charge is -1.94. The number of allylic oxidation sites excluding steroid dienone is 3. The van der Waals surface area contributed by atoms with Crippen LogP contribution in [0.3, 0.4) is 0 Å². The number of rotatable bonds is 8. The quantitative estimate of drug-likeness (QED) is 0.336. The van der Waals surface area contributed by atoms with Crippen molar-refractivity contribution in [1.29, 1.82) is 0 Å². The van der Waals surface area contributed by atoms with Crippen molar-refractivity contribution < 1.29 is 5.11 Å². The molecule has 0 fully saturated rings. The molecule has 1 N–H and O–H groups in total. The number of aliphatic hydroxyl groups excluding tert-OH is 1. The normalized spacial score (nSPS) is 11.8. The number of aliphatic hydroxyl groups is 1. The maximum Gasteiger partial charge on any atom is 0.0751 e. The summed E-state index contributed by atoms with van der Waals surface area (Å²) in [7, 11) is 0. The van der Waals surface area contributed by atoms with Gasteiger partial charge in [-0.1, -0.05) is 38.0 Å². The van der Waals surface area contributed by atoms with Crippen LogP contribution in [-0.2, 0) is 0 Å². The Bertz CT molecular complexity index is 136. The van der Waals surface area contributed by atoms with Crippen LogP contribution in [0.2, 0.25) is 0 Å². The van der Waals surface area contributed by atoms with E-state index in [1.54, 1.807) is 0 Å². The Balaban J connectivity index is 2.99. The van der Waals surface area contributed by atoms with Crippen LogP contribution in [0, 0.1) is 0 Å². The van der Waals surface area contributed by atoms with Crippen molar-refractivity contribution in [3.05, 3.63) is 24.5 Å². The molecule has 0 aromatic heterocycles. The maximum atomic E-state index is 8.37. The topological polar surface area (TPSA) is 20.2 Å². The Morgan fingerprint density at radius 3 is 2.08 bits per heavy atom. The van der Waals surface area contributed by atoms with E-state index in [-0.39, 0.29) is 0 Å². The second-order valence-electron chi connectivity index (χ2n) is 3.28. The zero-order chi connectivity index (χ0) is 9.78. The van der Waals surface area contributed by atoms with E-state index in [0.29, 0.717) is 0 Å². The van der Waals surface area contributed by atoms with Crippen molar-refractivity contribution >= 4 is 0 Å². The molecular weight excluding hydrogens is 160 g/mol. The average Bonchev–Trinajstić information content (AvgIpc) is 2.16. The monoisotopic (exact) mass is 182 g/mol. The predicted molar refractivity (Wildman–Crippen MR) is 58.9 cm³/mol. The van der Waals surface area contributed by atoms with Crippen LogP contribution < -0.4 is 0 Å². The smallest absolute Gasteiger partial charge is 0.0751 e. The molecule has 13 heavy (non-hydrogen) atoms. The van der Waals surface area contributed by atoms with Gasteiger partial charge >= 0.3 is 0 Å². The first-order chi connectivity index (χ1) is 6.41. The van der Waals surface area contributed by atoms with Crippen LogP contribution in [0.25, 0.3) is 0 Å². The Kier molecular flexibility index (Phi) is 10.7. The van der Waals surface area contributed by atoms with E-state index in [1.165, 1.54) is 38.5 Å². The third-order valence-electron chi connectivity index (χ3n) is 1.97. The first-order valence-electron chi connectivity index (χ1n) is 5.36. The van der Waals surface area contributed by atoms with E-state index in [2.05, 4.69) is 19.1 Å². The van der Waals surface area contributed by atoms with E-state index < -0.39 is 0 Å². The predicted octanol–water partition coefficient (Wildman–Crippen LogP) is 4.36. The first-order valence-corrected chi connectivity index (χ1v) is 5.36. The lowest BCUT2D eigenvalue weighted by atomic mass is 10.1. The summed E-state index contributed by atoms with van der Waals surface area (Å²) in [6, 6.07) is 0. The third-order valence-corrected chi connectivity index (χ3v) is 1.97. The zero-order valence-electron chi connectivity index (χ0n) is 8.71. The Morgan fingerprint density at radius 1 is 0.846 bits per heavy atom. The van der Waals surface area contributed by atoms with E-state index >= 15 is 0 Å². The van der Waals surface area contributed by atoms with Crippen LogP contribution in [0.4, 0.5) is 0 Å². The highest BCUT2D eigenvalue weighted by atomic mass is 16.2. The van der Waals surface area contributed by atoms with Crippen molar-refractivity contribution in [2.45, 2.75) is 51.9 Å². The molecule has 0 saturated heterocycles. The minimum atomic E-state index is 1.01.